The average molecular weight is 293 g/mol. The Labute approximate surface area is 131 Å². The first-order valence-corrected chi connectivity index (χ1v) is 7.82. The third kappa shape index (κ3) is 2.77. The molecule has 2 aromatic carbocycles. The number of hydrogen-bond donors (Lipinski definition) is 1. The standard InChI is InChI=1S/C19H23N3/c1-13(2)18(20)19-21-16-9-4-5-10-17(16)22(19)12-15-8-6-7-14(3)11-15/h4-11,13,18H,12,20H2,1-3H3/t18-/m0/s1. The SMILES string of the molecule is Cc1cccc(Cn2c([C@@H](N)C(C)C)nc3ccccc32)c1. The zero-order valence-electron chi connectivity index (χ0n) is 13.5. The minimum Gasteiger partial charge on any atom is -0.322 e. The highest BCUT2D eigenvalue weighted by Crippen LogP contribution is 2.25. The lowest BCUT2D eigenvalue weighted by Crippen LogP contribution is -2.22. The molecular formula is C19H23N3. The Morgan fingerprint density at radius 3 is 2.59 bits per heavy atom. The number of rotatable bonds is 4. The predicted octanol–water partition coefficient (Wildman–Crippen LogP) is 4.05. The van der Waals surface area contributed by atoms with Gasteiger partial charge < -0.3 is 10.3 Å². The van der Waals surface area contributed by atoms with Crippen molar-refractivity contribution in [3.63, 3.8) is 0 Å². The highest BCUT2D eigenvalue weighted by Gasteiger charge is 2.19. The highest BCUT2D eigenvalue weighted by molar-refractivity contribution is 5.76. The molecule has 114 valence electrons. The fraction of sp³-hybridized carbons (Fsp3) is 0.316. The molecule has 0 aliphatic carbocycles. The first-order valence-electron chi connectivity index (χ1n) is 7.82. The molecule has 22 heavy (non-hydrogen) atoms. The fourth-order valence-electron chi connectivity index (χ4n) is 2.81. The summed E-state index contributed by atoms with van der Waals surface area (Å²) in [5.41, 5.74) is 11.1. The lowest BCUT2D eigenvalue weighted by molar-refractivity contribution is 0.475. The molecule has 0 saturated carbocycles. The summed E-state index contributed by atoms with van der Waals surface area (Å²) in [6, 6.07) is 16.8. The minimum atomic E-state index is -0.0581. The van der Waals surface area contributed by atoms with E-state index in [1.165, 1.54) is 11.1 Å². The minimum absolute atomic E-state index is 0.0581. The molecule has 1 atom stereocenters. The van der Waals surface area contributed by atoms with Gasteiger partial charge in [0.1, 0.15) is 5.82 Å². The van der Waals surface area contributed by atoms with E-state index in [2.05, 4.69) is 67.8 Å². The Balaban J connectivity index is 2.11. The van der Waals surface area contributed by atoms with E-state index < -0.39 is 0 Å². The summed E-state index contributed by atoms with van der Waals surface area (Å²) in [6.07, 6.45) is 0. The Morgan fingerprint density at radius 1 is 1.09 bits per heavy atom. The van der Waals surface area contributed by atoms with E-state index in [0.29, 0.717) is 5.92 Å². The number of para-hydroxylation sites is 2. The Morgan fingerprint density at radius 2 is 1.86 bits per heavy atom. The van der Waals surface area contributed by atoms with Gasteiger partial charge in [-0.1, -0.05) is 55.8 Å². The molecule has 0 saturated heterocycles. The van der Waals surface area contributed by atoms with Gasteiger partial charge in [-0.3, -0.25) is 0 Å². The Kier molecular flexibility index (Phi) is 3.99. The van der Waals surface area contributed by atoms with Gasteiger partial charge in [0, 0.05) is 6.54 Å². The van der Waals surface area contributed by atoms with E-state index in [4.69, 9.17) is 10.7 Å². The van der Waals surface area contributed by atoms with Gasteiger partial charge in [0.2, 0.25) is 0 Å². The van der Waals surface area contributed by atoms with Crippen LogP contribution in [-0.2, 0) is 6.54 Å². The van der Waals surface area contributed by atoms with E-state index in [9.17, 15) is 0 Å². The zero-order chi connectivity index (χ0) is 15.7. The van der Waals surface area contributed by atoms with Crippen LogP contribution in [-0.4, -0.2) is 9.55 Å². The smallest absolute Gasteiger partial charge is 0.127 e. The number of imidazole rings is 1. The molecule has 0 radical (unpaired) electrons. The summed E-state index contributed by atoms with van der Waals surface area (Å²) >= 11 is 0. The topological polar surface area (TPSA) is 43.8 Å². The Bertz CT molecular complexity index is 786. The van der Waals surface area contributed by atoms with Crippen LogP contribution in [0.15, 0.2) is 48.5 Å². The molecule has 3 rings (SSSR count). The van der Waals surface area contributed by atoms with Gasteiger partial charge in [-0.2, -0.15) is 0 Å². The molecule has 0 amide bonds. The van der Waals surface area contributed by atoms with Gasteiger partial charge in [0.25, 0.3) is 0 Å². The van der Waals surface area contributed by atoms with Crippen molar-refractivity contribution in [1.82, 2.24) is 9.55 Å². The second-order valence-corrected chi connectivity index (χ2v) is 6.30. The summed E-state index contributed by atoms with van der Waals surface area (Å²) < 4.78 is 2.26. The molecule has 0 bridgehead atoms. The van der Waals surface area contributed by atoms with Crippen LogP contribution in [0.5, 0.6) is 0 Å². The second kappa shape index (κ2) is 5.93. The highest BCUT2D eigenvalue weighted by atomic mass is 15.1. The quantitative estimate of drug-likeness (QED) is 0.788. The van der Waals surface area contributed by atoms with Crippen LogP contribution in [0.25, 0.3) is 11.0 Å². The van der Waals surface area contributed by atoms with Gasteiger partial charge in [0.15, 0.2) is 0 Å². The predicted molar refractivity (Wildman–Crippen MR) is 91.8 cm³/mol. The summed E-state index contributed by atoms with van der Waals surface area (Å²) in [6.45, 7) is 7.20. The first kappa shape index (κ1) is 14.8. The third-order valence-corrected chi connectivity index (χ3v) is 4.12. The monoisotopic (exact) mass is 293 g/mol. The summed E-state index contributed by atoms with van der Waals surface area (Å²) in [5.74, 6) is 1.32. The maximum Gasteiger partial charge on any atom is 0.127 e. The third-order valence-electron chi connectivity index (χ3n) is 4.12. The average Bonchev–Trinajstić information content (AvgIpc) is 2.85. The lowest BCUT2D eigenvalue weighted by atomic mass is 10.0. The van der Waals surface area contributed by atoms with Crippen molar-refractivity contribution in [3.8, 4) is 0 Å². The van der Waals surface area contributed by atoms with E-state index in [0.717, 1.165) is 23.4 Å². The Hall–Kier alpha value is -2.13. The van der Waals surface area contributed by atoms with Crippen LogP contribution in [0, 0.1) is 12.8 Å². The molecule has 3 heteroatoms. The van der Waals surface area contributed by atoms with Gasteiger partial charge in [-0.15, -0.1) is 0 Å². The molecule has 0 aliphatic heterocycles. The van der Waals surface area contributed by atoms with Crippen molar-refractivity contribution in [1.29, 1.82) is 0 Å². The number of aromatic nitrogens is 2. The van der Waals surface area contributed by atoms with Crippen molar-refractivity contribution in [2.45, 2.75) is 33.4 Å². The summed E-state index contributed by atoms with van der Waals surface area (Å²) in [4.78, 5) is 4.79. The van der Waals surface area contributed by atoms with Crippen LogP contribution in [0.4, 0.5) is 0 Å². The number of nitrogens with two attached hydrogens (primary N) is 1. The largest absolute Gasteiger partial charge is 0.322 e. The van der Waals surface area contributed by atoms with Crippen LogP contribution in [0.3, 0.4) is 0 Å². The number of hydrogen-bond acceptors (Lipinski definition) is 2. The molecule has 1 heterocycles. The number of aryl methyl sites for hydroxylation is 1. The van der Waals surface area contributed by atoms with Crippen molar-refractivity contribution in [2.24, 2.45) is 11.7 Å². The molecule has 0 unspecified atom stereocenters. The normalized spacial score (nSPS) is 13.0. The molecule has 3 nitrogen and oxygen atoms in total. The maximum atomic E-state index is 6.40. The molecule has 0 aliphatic rings. The van der Waals surface area contributed by atoms with Gasteiger partial charge in [0.05, 0.1) is 17.1 Å². The number of fused-ring (bicyclic) bond motifs is 1. The molecule has 1 aromatic heterocycles. The number of benzene rings is 2. The number of nitrogens with zero attached hydrogens (tertiary/aromatic N) is 2. The van der Waals surface area contributed by atoms with Gasteiger partial charge in [-0.25, -0.2) is 4.98 Å². The van der Waals surface area contributed by atoms with E-state index >= 15 is 0 Å². The molecular weight excluding hydrogens is 270 g/mol. The van der Waals surface area contributed by atoms with Gasteiger partial charge >= 0.3 is 0 Å². The summed E-state index contributed by atoms with van der Waals surface area (Å²) in [7, 11) is 0. The van der Waals surface area contributed by atoms with Crippen LogP contribution in [0.2, 0.25) is 0 Å². The molecule has 0 spiro atoms. The van der Waals surface area contributed by atoms with Gasteiger partial charge in [-0.05, 0) is 30.5 Å². The molecule has 3 aromatic rings. The van der Waals surface area contributed by atoms with Crippen molar-refractivity contribution in [2.75, 3.05) is 0 Å². The second-order valence-electron chi connectivity index (χ2n) is 6.30. The van der Waals surface area contributed by atoms with E-state index in [1.54, 1.807) is 0 Å². The van der Waals surface area contributed by atoms with E-state index in [1.807, 2.05) is 6.07 Å². The first-order chi connectivity index (χ1) is 10.6. The van der Waals surface area contributed by atoms with E-state index in [-0.39, 0.29) is 6.04 Å². The van der Waals surface area contributed by atoms with Crippen LogP contribution in [0.1, 0.15) is 36.8 Å². The van der Waals surface area contributed by atoms with Crippen LogP contribution >= 0.6 is 0 Å². The molecule has 2 N–H and O–H groups in total. The lowest BCUT2D eigenvalue weighted by Gasteiger charge is -2.18. The van der Waals surface area contributed by atoms with Crippen molar-refractivity contribution in [3.05, 3.63) is 65.5 Å². The van der Waals surface area contributed by atoms with Crippen molar-refractivity contribution < 1.29 is 0 Å². The fourth-order valence-corrected chi connectivity index (χ4v) is 2.81. The maximum absolute atomic E-state index is 6.40. The molecule has 0 fully saturated rings. The van der Waals surface area contributed by atoms with Crippen molar-refractivity contribution >= 4 is 11.0 Å². The summed E-state index contributed by atoms with van der Waals surface area (Å²) in [5, 5.41) is 0. The zero-order valence-corrected chi connectivity index (χ0v) is 13.5. The van der Waals surface area contributed by atoms with Crippen LogP contribution < -0.4 is 5.73 Å².